The zero-order valence-corrected chi connectivity index (χ0v) is 20.1. The summed E-state index contributed by atoms with van der Waals surface area (Å²) in [4.78, 5) is 15.1. The van der Waals surface area contributed by atoms with E-state index in [0.29, 0.717) is 43.9 Å². The van der Waals surface area contributed by atoms with Gasteiger partial charge in [0.25, 0.3) is 0 Å². The minimum atomic E-state index is -0.0112. The number of fused-ring (bicyclic) bond motifs is 1. The summed E-state index contributed by atoms with van der Waals surface area (Å²) in [7, 11) is 0. The minimum Gasteiger partial charge on any atom is -0.493 e. The fraction of sp³-hybridized carbons (Fsp3) is 0.750. The van der Waals surface area contributed by atoms with Gasteiger partial charge in [-0.25, -0.2) is 0 Å². The van der Waals surface area contributed by atoms with E-state index in [4.69, 9.17) is 14.2 Å². The number of piperidine rings is 1. The van der Waals surface area contributed by atoms with Gasteiger partial charge in [-0.15, -0.1) is 0 Å². The molecule has 5 heteroatoms. The van der Waals surface area contributed by atoms with Gasteiger partial charge in [0.05, 0.1) is 32.5 Å². The van der Waals surface area contributed by atoms with Gasteiger partial charge in [0.2, 0.25) is 0 Å². The van der Waals surface area contributed by atoms with Crippen molar-refractivity contribution in [3.63, 3.8) is 0 Å². The molecular formula is C28H41NO4. The molecule has 1 aromatic carbocycles. The lowest BCUT2D eigenvalue weighted by Crippen LogP contribution is -2.35. The first-order chi connectivity index (χ1) is 16.2. The van der Waals surface area contributed by atoms with Crippen LogP contribution < -0.4 is 4.74 Å². The van der Waals surface area contributed by atoms with Crippen LogP contribution in [0.15, 0.2) is 18.2 Å². The van der Waals surface area contributed by atoms with E-state index in [-0.39, 0.29) is 6.10 Å². The van der Waals surface area contributed by atoms with Gasteiger partial charge in [-0.2, -0.15) is 0 Å². The molecule has 1 aliphatic carbocycles. The second-order valence-corrected chi connectivity index (χ2v) is 10.7. The van der Waals surface area contributed by atoms with E-state index in [1.165, 1.54) is 70.1 Å². The molecule has 3 fully saturated rings. The Morgan fingerprint density at radius 2 is 1.76 bits per heavy atom. The number of hydrogen-bond donors (Lipinski definition) is 0. The van der Waals surface area contributed by atoms with E-state index >= 15 is 0 Å². The SMILES string of the molecule is O=C(CC1CCC(CCN2CCC(c3cccc4c3CCO4)CC2)CC1)C[C@H]1COCCO1. The molecule has 5 nitrogen and oxygen atoms in total. The first kappa shape index (κ1) is 23.3. The molecule has 1 atom stereocenters. The monoisotopic (exact) mass is 455 g/mol. The van der Waals surface area contributed by atoms with Crippen LogP contribution in [0.5, 0.6) is 5.75 Å². The van der Waals surface area contributed by atoms with E-state index in [9.17, 15) is 4.79 Å². The molecule has 0 aromatic heterocycles. The maximum Gasteiger partial charge on any atom is 0.135 e. The number of ether oxygens (including phenoxy) is 3. The zero-order chi connectivity index (χ0) is 22.5. The number of Topliss-reactive ketones (excluding diaryl/α,β-unsaturated/α-hetero) is 1. The summed E-state index contributed by atoms with van der Waals surface area (Å²) in [5, 5.41) is 0. The predicted octanol–water partition coefficient (Wildman–Crippen LogP) is 4.76. The van der Waals surface area contributed by atoms with Crippen LogP contribution >= 0.6 is 0 Å². The average molecular weight is 456 g/mol. The molecule has 0 amide bonds. The second kappa shape index (κ2) is 11.3. The van der Waals surface area contributed by atoms with Crippen LogP contribution in [0.2, 0.25) is 0 Å². The molecule has 0 radical (unpaired) electrons. The first-order valence-corrected chi connectivity index (χ1v) is 13.4. The Bertz CT molecular complexity index is 774. The topological polar surface area (TPSA) is 48.0 Å². The summed E-state index contributed by atoms with van der Waals surface area (Å²) in [6.07, 6.45) is 11.3. The summed E-state index contributed by atoms with van der Waals surface area (Å²) in [5.74, 6) is 3.64. The third-order valence-corrected chi connectivity index (χ3v) is 8.48. The largest absolute Gasteiger partial charge is 0.493 e. The first-order valence-electron chi connectivity index (χ1n) is 13.4. The highest BCUT2D eigenvalue weighted by Gasteiger charge is 2.28. The van der Waals surface area contributed by atoms with Gasteiger partial charge < -0.3 is 19.1 Å². The van der Waals surface area contributed by atoms with Crippen LogP contribution in [-0.2, 0) is 20.7 Å². The summed E-state index contributed by atoms with van der Waals surface area (Å²) >= 11 is 0. The summed E-state index contributed by atoms with van der Waals surface area (Å²) in [5.41, 5.74) is 3.03. The van der Waals surface area contributed by atoms with Gasteiger partial charge >= 0.3 is 0 Å². The number of carbonyl (C=O) groups excluding carboxylic acids is 1. The van der Waals surface area contributed by atoms with Gasteiger partial charge in [0.1, 0.15) is 11.5 Å². The lowest BCUT2D eigenvalue weighted by Gasteiger charge is -2.35. The third-order valence-electron chi connectivity index (χ3n) is 8.48. The van der Waals surface area contributed by atoms with Gasteiger partial charge in [0, 0.05) is 24.8 Å². The molecule has 1 aromatic rings. The Hall–Kier alpha value is -1.43. The molecule has 0 spiro atoms. The fourth-order valence-electron chi connectivity index (χ4n) is 6.50. The van der Waals surface area contributed by atoms with Gasteiger partial charge in [-0.05, 0) is 81.1 Å². The number of hydrogen-bond acceptors (Lipinski definition) is 5. The lowest BCUT2D eigenvalue weighted by molar-refractivity contribution is -0.130. The van der Waals surface area contributed by atoms with E-state index < -0.39 is 0 Å². The number of carbonyl (C=O) groups is 1. The Balaban J connectivity index is 0.980. The van der Waals surface area contributed by atoms with E-state index in [0.717, 1.165) is 31.1 Å². The number of likely N-dealkylation sites (tertiary alicyclic amines) is 1. The maximum atomic E-state index is 12.4. The smallest absolute Gasteiger partial charge is 0.135 e. The standard InChI is InChI=1S/C28H41NO4/c30-24(19-25-20-31-16-17-32-25)18-22-6-4-21(5-7-22)8-12-29-13-9-23(10-14-29)26-2-1-3-28-27(26)11-15-33-28/h1-3,21-23,25H,4-20H2/t21?,22?,25-/m0/s1. The van der Waals surface area contributed by atoms with Crippen LogP contribution in [0.4, 0.5) is 0 Å². The summed E-state index contributed by atoms with van der Waals surface area (Å²) in [6, 6.07) is 6.65. The van der Waals surface area contributed by atoms with Crippen molar-refractivity contribution in [3.05, 3.63) is 29.3 Å². The molecular weight excluding hydrogens is 414 g/mol. The Morgan fingerprint density at radius 1 is 0.939 bits per heavy atom. The maximum absolute atomic E-state index is 12.4. The van der Waals surface area contributed by atoms with Crippen molar-refractivity contribution in [1.82, 2.24) is 4.90 Å². The van der Waals surface area contributed by atoms with Gasteiger partial charge in [-0.1, -0.05) is 25.0 Å². The molecule has 3 aliphatic heterocycles. The van der Waals surface area contributed by atoms with E-state index in [2.05, 4.69) is 23.1 Å². The molecule has 4 aliphatic rings. The molecule has 33 heavy (non-hydrogen) atoms. The average Bonchev–Trinajstić information content (AvgIpc) is 3.34. The number of benzene rings is 1. The van der Waals surface area contributed by atoms with Crippen LogP contribution in [0, 0.1) is 11.8 Å². The van der Waals surface area contributed by atoms with Crippen molar-refractivity contribution in [2.45, 2.75) is 76.2 Å². The predicted molar refractivity (Wildman–Crippen MR) is 129 cm³/mol. The fourth-order valence-corrected chi connectivity index (χ4v) is 6.50. The quantitative estimate of drug-likeness (QED) is 0.566. The Labute approximate surface area is 199 Å². The van der Waals surface area contributed by atoms with Crippen molar-refractivity contribution in [1.29, 1.82) is 0 Å². The number of nitrogens with zero attached hydrogens (tertiary/aromatic N) is 1. The molecule has 2 saturated heterocycles. The second-order valence-electron chi connectivity index (χ2n) is 10.7. The minimum absolute atomic E-state index is 0.0112. The van der Waals surface area contributed by atoms with Gasteiger partial charge in [0.15, 0.2) is 0 Å². The van der Waals surface area contributed by atoms with Crippen molar-refractivity contribution >= 4 is 5.78 Å². The normalized spacial score (nSPS) is 28.9. The van der Waals surface area contributed by atoms with E-state index in [1.807, 2.05) is 0 Å². The molecule has 1 saturated carbocycles. The molecule has 0 N–H and O–H groups in total. The van der Waals surface area contributed by atoms with Crippen molar-refractivity contribution < 1.29 is 19.0 Å². The Kier molecular flexibility index (Phi) is 8.01. The van der Waals surface area contributed by atoms with Crippen LogP contribution in [0.3, 0.4) is 0 Å². The van der Waals surface area contributed by atoms with Crippen LogP contribution in [0.25, 0.3) is 0 Å². The van der Waals surface area contributed by atoms with Crippen molar-refractivity contribution in [2.24, 2.45) is 11.8 Å². The van der Waals surface area contributed by atoms with E-state index in [1.54, 1.807) is 5.56 Å². The third kappa shape index (κ3) is 6.17. The molecule has 5 rings (SSSR count). The highest BCUT2D eigenvalue weighted by Crippen LogP contribution is 2.38. The van der Waals surface area contributed by atoms with Gasteiger partial charge in [-0.3, -0.25) is 4.79 Å². The molecule has 0 unspecified atom stereocenters. The summed E-state index contributed by atoms with van der Waals surface area (Å²) in [6.45, 7) is 6.43. The highest BCUT2D eigenvalue weighted by molar-refractivity contribution is 5.79. The van der Waals surface area contributed by atoms with Crippen molar-refractivity contribution in [3.8, 4) is 5.75 Å². The van der Waals surface area contributed by atoms with Crippen LogP contribution in [0.1, 0.15) is 74.8 Å². The summed E-state index contributed by atoms with van der Waals surface area (Å²) < 4.78 is 16.8. The highest BCUT2D eigenvalue weighted by atomic mass is 16.6. The van der Waals surface area contributed by atoms with Crippen molar-refractivity contribution in [2.75, 3.05) is 46.1 Å². The Morgan fingerprint density at radius 3 is 2.55 bits per heavy atom. The molecule has 3 heterocycles. The number of rotatable bonds is 8. The molecule has 182 valence electrons. The lowest BCUT2D eigenvalue weighted by atomic mass is 9.78. The van der Waals surface area contributed by atoms with Crippen LogP contribution in [-0.4, -0.2) is 62.8 Å². The molecule has 0 bridgehead atoms. The number of ketones is 1. The zero-order valence-electron chi connectivity index (χ0n) is 20.1.